The van der Waals surface area contributed by atoms with E-state index in [1.54, 1.807) is 0 Å². The maximum absolute atomic E-state index is 12.6. The number of aliphatic hydroxyl groups is 1. The van der Waals surface area contributed by atoms with Crippen LogP contribution in [0.15, 0.2) is 30.3 Å². The molecule has 1 atom stereocenters. The van der Waals surface area contributed by atoms with Crippen molar-refractivity contribution < 1.29 is 9.90 Å². The average molecular weight is 360 g/mol. The van der Waals surface area contributed by atoms with E-state index in [4.69, 9.17) is 0 Å². The van der Waals surface area contributed by atoms with E-state index in [-0.39, 0.29) is 12.0 Å². The zero-order chi connectivity index (χ0) is 18.4. The lowest BCUT2D eigenvalue weighted by Gasteiger charge is -2.37. The van der Waals surface area contributed by atoms with Gasteiger partial charge >= 0.3 is 0 Å². The van der Waals surface area contributed by atoms with Crippen molar-refractivity contribution in [1.29, 1.82) is 0 Å². The Kier molecular flexibility index (Phi) is 7.06. The Hall–Kier alpha value is -1.43. The molecule has 2 aliphatic heterocycles. The Labute approximate surface area is 157 Å². The van der Waals surface area contributed by atoms with Crippen molar-refractivity contribution in [2.45, 2.75) is 32.3 Å². The molecule has 2 fully saturated rings. The Morgan fingerprint density at radius 1 is 1.04 bits per heavy atom. The largest absolute Gasteiger partial charge is 0.392 e. The molecule has 144 valence electrons. The van der Waals surface area contributed by atoms with E-state index in [9.17, 15) is 9.90 Å². The standard InChI is InChI=1S/C21H33N3O2/c1-18(25)16-22-11-13-23(14-12-22)17-21(26)24-9-7-20(8-10-24)15-19-5-3-2-4-6-19/h2-6,18,20,25H,7-17H2,1H3/t18-/m1/s1. The van der Waals surface area contributed by atoms with Gasteiger partial charge in [0.2, 0.25) is 5.91 Å². The molecule has 0 spiro atoms. The number of nitrogens with zero attached hydrogens (tertiary/aromatic N) is 3. The lowest BCUT2D eigenvalue weighted by molar-refractivity contribution is -0.134. The van der Waals surface area contributed by atoms with Crippen LogP contribution in [0.1, 0.15) is 25.3 Å². The van der Waals surface area contributed by atoms with E-state index >= 15 is 0 Å². The Morgan fingerprint density at radius 3 is 2.27 bits per heavy atom. The van der Waals surface area contributed by atoms with Crippen LogP contribution >= 0.6 is 0 Å². The lowest BCUT2D eigenvalue weighted by atomic mass is 9.90. The van der Waals surface area contributed by atoms with Crippen LogP contribution in [0.5, 0.6) is 0 Å². The molecule has 0 aliphatic carbocycles. The van der Waals surface area contributed by atoms with Crippen molar-refractivity contribution in [2.24, 2.45) is 5.92 Å². The van der Waals surface area contributed by atoms with E-state index in [1.165, 1.54) is 5.56 Å². The van der Waals surface area contributed by atoms with Gasteiger partial charge in [-0.05, 0) is 37.7 Å². The highest BCUT2D eigenvalue weighted by molar-refractivity contribution is 5.78. The summed E-state index contributed by atoms with van der Waals surface area (Å²) in [6.45, 7) is 8.64. The molecular weight excluding hydrogens is 326 g/mol. The molecule has 3 rings (SSSR count). The zero-order valence-electron chi connectivity index (χ0n) is 16.0. The van der Waals surface area contributed by atoms with Gasteiger partial charge in [-0.15, -0.1) is 0 Å². The quantitative estimate of drug-likeness (QED) is 0.836. The van der Waals surface area contributed by atoms with Crippen molar-refractivity contribution in [3.63, 3.8) is 0 Å². The highest BCUT2D eigenvalue weighted by Gasteiger charge is 2.25. The van der Waals surface area contributed by atoms with Gasteiger partial charge in [-0.1, -0.05) is 30.3 Å². The molecule has 0 saturated carbocycles. The number of hydrogen-bond acceptors (Lipinski definition) is 4. The molecule has 1 aromatic rings. The normalized spacial score (nSPS) is 21.7. The topological polar surface area (TPSA) is 47.0 Å². The van der Waals surface area contributed by atoms with Crippen molar-refractivity contribution in [3.8, 4) is 0 Å². The molecule has 1 N–H and O–H groups in total. The number of amides is 1. The molecule has 1 amide bonds. The summed E-state index contributed by atoms with van der Waals surface area (Å²) in [4.78, 5) is 19.2. The fraction of sp³-hybridized carbons (Fsp3) is 0.667. The molecule has 5 nitrogen and oxygen atoms in total. The molecular formula is C21H33N3O2. The van der Waals surface area contributed by atoms with E-state index in [0.29, 0.717) is 12.5 Å². The van der Waals surface area contributed by atoms with Gasteiger partial charge < -0.3 is 10.0 Å². The van der Waals surface area contributed by atoms with Crippen LogP contribution in [-0.2, 0) is 11.2 Å². The summed E-state index contributed by atoms with van der Waals surface area (Å²) in [7, 11) is 0. The fourth-order valence-corrected chi connectivity index (χ4v) is 4.13. The molecule has 2 heterocycles. The van der Waals surface area contributed by atoms with Crippen molar-refractivity contribution in [1.82, 2.24) is 14.7 Å². The third-order valence-electron chi connectivity index (χ3n) is 5.68. The van der Waals surface area contributed by atoms with Crippen molar-refractivity contribution in [3.05, 3.63) is 35.9 Å². The molecule has 0 unspecified atom stereocenters. The minimum absolute atomic E-state index is 0.277. The van der Waals surface area contributed by atoms with Crippen LogP contribution in [-0.4, -0.2) is 84.2 Å². The number of benzene rings is 1. The number of β-amino-alcohol motifs (C(OH)–C–C–N with tert-alkyl or cyclic N) is 1. The molecule has 0 bridgehead atoms. The first-order chi connectivity index (χ1) is 12.6. The Bertz CT molecular complexity index is 548. The number of aliphatic hydroxyl groups excluding tert-OH is 1. The van der Waals surface area contributed by atoms with Crippen LogP contribution in [0.2, 0.25) is 0 Å². The van der Waals surface area contributed by atoms with Crippen LogP contribution in [0, 0.1) is 5.92 Å². The number of carbonyl (C=O) groups excluding carboxylic acids is 1. The SMILES string of the molecule is C[C@@H](O)CN1CCN(CC(=O)N2CCC(Cc3ccccc3)CC2)CC1. The van der Waals surface area contributed by atoms with Gasteiger partial charge in [-0.3, -0.25) is 14.6 Å². The first-order valence-electron chi connectivity index (χ1n) is 10.0. The molecule has 0 radical (unpaired) electrons. The van der Waals surface area contributed by atoms with Crippen LogP contribution in [0.25, 0.3) is 0 Å². The summed E-state index contributed by atoms with van der Waals surface area (Å²) >= 11 is 0. The van der Waals surface area contributed by atoms with Crippen molar-refractivity contribution >= 4 is 5.91 Å². The van der Waals surface area contributed by atoms with Gasteiger partial charge in [-0.25, -0.2) is 0 Å². The van der Waals surface area contributed by atoms with Gasteiger partial charge in [0.15, 0.2) is 0 Å². The lowest BCUT2D eigenvalue weighted by Crippen LogP contribution is -2.52. The monoisotopic (exact) mass is 359 g/mol. The molecule has 5 heteroatoms. The Balaban J connectivity index is 1.36. The maximum atomic E-state index is 12.6. The number of hydrogen-bond donors (Lipinski definition) is 1. The second-order valence-electron chi connectivity index (χ2n) is 7.94. The molecule has 2 aliphatic rings. The number of rotatable bonds is 6. The van der Waals surface area contributed by atoms with E-state index in [0.717, 1.165) is 65.1 Å². The zero-order valence-corrected chi connectivity index (χ0v) is 16.0. The molecule has 26 heavy (non-hydrogen) atoms. The van der Waals surface area contributed by atoms with Gasteiger partial charge in [-0.2, -0.15) is 0 Å². The summed E-state index contributed by atoms with van der Waals surface area (Å²) in [6, 6.07) is 10.7. The highest BCUT2D eigenvalue weighted by atomic mass is 16.3. The van der Waals surface area contributed by atoms with Crippen LogP contribution < -0.4 is 0 Å². The summed E-state index contributed by atoms with van der Waals surface area (Å²) in [6.07, 6.45) is 3.08. The van der Waals surface area contributed by atoms with Gasteiger partial charge in [0, 0.05) is 45.8 Å². The van der Waals surface area contributed by atoms with E-state index in [1.807, 2.05) is 6.92 Å². The predicted molar refractivity (Wildman–Crippen MR) is 104 cm³/mol. The van der Waals surface area contributed by atoms with Crippen LogP contribution in [0.3, 0.4) is 0 Å². The summed E-state index contributed by atoms with van der Waals surface area (Å²) in [5, 5.41) is 9.48. The minimum atomic E-state index is -0.277. The number of carbonyl (C=O) groups is 1. The number of piperazine rings is 1. The first kappa shape index (κ1) is 19.3. The molecule has 1 aromatic carbocycles. The number of likely N-dealkylation sites (tertiary alicyclic amines) is 1. The van der Waals surface area contributed by atoms with E-state index < -0.39 is 0 Å². The predicted octanol–water partition coefficient (Wildman–Crippen LogP) is 1.47. The smallest absolute Gasteiger partial charge is 0.236 e. The highest BCUT2D eigenvalue weighted by Crippen LogP contribution is 2.22. The second kappa shape index (κ2) is 9.49. The van der Waals surface area contributed by atoms with Gasteiger partial charge in [0.1, 0.15) is 0 Å². The van der Waals surface area contributed by atoms with Crippen LogP contribution in [0.4, 0.5) is 0 Å². The minimum Gasteiger partial charge on any atom is -0.392 e. The third kappa shape index (κ3) is 5.79. The number of piperidine rings is 1. The molecule has 2 saturated heterocycles. The first-order valence-corrected chi connectivity index (χ1v) is 10.0. The summed E-state index contributed by atoms with van der Waals surface area (Å²) < 4.78 is 0. The summed E-state index contributed by atoms with van der Waals surface area (Å²) in [5.74, 6) is 0.984. The third-order valence-corrected chi connectivity index (χ3v) is 5.68. The fourth-order valence-electron chi connectivity index (χ4n) is 4.13. The maximum Gasteiger partial charge on any atom is 0.236 e. The van der Waals surface area contributed by atoms with Gasteiger partial charge in [0.05, 0.1) is 12.6 Å². The van der Waals surface area contributed by atoms with E-state index in [2.05, 4.69) is 45.0 Å². The Morgan fingerprint density at radius 2 is 1.65 bits per heavy atom. The average Bonchev–Trinajstić information content (AvgIpc) is 2.64. The molecule has 0 aromatic heterocycles. The van der Waals surface area contributed by atoms with Gasteiger partial charge in [0.25, 0.3) is 0 Å². The summed E-state index contributed by atoms with van der Waals surface area (Å²) in [5.41, 5.74) is 1.41. The van der Waals surface area contributed by atoms with Crippen molar-refractivity contribution in [2.75, 3.05) is 52.4 Å². The second-order valence-corrected chi connectivity index (χ2v) is 7.94.